The number of amides is 2. The number of imide groups is 1. The molecule has 20 heavy (non-hydrogen) atoms. The summed E-state index contributed by atoms with van der Waals surface area (Å²) < 4.78 is 0. The number of fused-ring (bicyclic) bond motifs is 1. The lowest BCUT2D eigenvalue weighted by molar-refractivity contribution is 0.0582. The smallest absolute Gasteiger partial charge is 0.261 e. The Morgan fingerprint density at radius 2 is 1.55 bits per heavy atom. The largest absolute Gasteiger partial charge is 0.304 e. The van der Waals surface area contributed by atoms with Gasteiger partial charge in [0.25, 0.3) is 11.8 Å². The Kier molecular flexibility index (Phi) is 4.55. The van der Waals surface area contributed by atoms with Crippen LogP contribution in [0.15, 0.2) is 24.3 Å². The predicted molar refractivity (Wildman–Crippen MR) is 78.8 cm³/mol. The molecule has 1 aromatic carbocycles. The van der Waals surface area contributed by atoms with Crippen LogP contribution in [0.1, 0.15) is 47.9 Å². The quantitative estimate of drug-likeness (QED) is 0.748. The number of hydrogen-bond donors (Lipinski definition) is 0. The Bertz CT molecular complexity index is 474. The van der Waals surface area contributed by atoms with Gasteiger partial charge in [0, 0.05) is 12.6 Å². The third-order valence-electron chi connectivity index (χ3n) is 4.02. The van der Waals surface area contributed by atoms with Crippen LogP contribution >= 0.6 is 0 Å². The molecule has 108 valence electrons. The van der Waals surface area contributed by atoms with Crippen molar-refractivity contribution in [2.24, 2.45) is 0 Å². The number of carbonyl (C=O) groups is 2. The molecule has 0 saturated carbocycles. The molecule has 0 spiro atoms. The molecule has 0 N–H and O–H groups in total. The molecule has 1 aliphatic heterocycles. The van der Waals surface area contributed by atoms with Crippen LogP contribution in [0.25, 0.3) is 0 Å². The van der Waals surface area contributed by atoms with Gasteiger partial charge < -0.3 is 4.90 Å². The molecule has 1 aromatic rings. The van der Waals surface area contributed by atoms with Crippen LogP contribution in [0.3, 0.4) is 0 Å². The van der Waals surface area contributed by atoms with Crippen molar-refractivity contribution in [2.75, 3.05) is 19.6 Å². The zero-order valence-electron chi connectivity index (χ0n) is 12.4. The highest BCUT2D eigenvalue weighted by atomic mass is 16.2. The van der Waals surface area contributed by atoms with Crippen LogP contribution in [0.5, 0.6) is 0 Å². The van der Waals surface area contributed by atoms with Crippen LogP contribution in [0, 0.1) is 0 Å². The summed E-state index contributed by atoms with van der Waals surface area (Å²) in [5.41, 5.74) is 1.07. The van der Waals surface area contributed by atoms with Crippen LogP contribution in [0.4, 0.5) is 0 Å². The Balaban J connectivity index is 2.07. The van der Waals surface area contributed by atoms with Gasteiger partial charge in [-0.2, -0.15) is 0 Å². The van der Waals surface area contributed by atoms with Crippen molar-refractivity contribution in [3.05, 3.63) is 35.4 Å². The molecular formula is C16H22N2O2. The normalized spacial score (nSPS) is 15.9. The van der Waals surface area contributed by atoms with Gasteiger partial charge in [0.2, 0.25) is 0 Å². The van der Waals surface area contributed by atoms with E-state index < -0.39 is 0 Å². The average Bonchev–Trinajstić information content (AvgIpc) is 2.72. The molecule has 2 rings (SSSR count). The number of hydrogen-bond acceptors (Lipinski definition) is 3. The minimum Gasteiger partial charge on any atom is -0.304 e. The molecule has 1 atom stereocenters. The molecule has 1 aliphatic rings. The maximum atomic E-state index is 12.3. The third kappa shape index (κ3) is 2.61. The first-order valence-corrected chi connectivity index (χ1v) is 7.29. The first-order chi connectivity index (χ1) is 9.60. The number of carbonyl (C=O) groups excluding carboxylic acids is 2. The highest BCUT2D eigenvalue weighted by molar-refractivity contribution is 6.21. The van der Waals surface area contributed by atoms with E-state index in [1.807, 2.05) is 6.92 Å². The molecule has 0 fully saturated rings. The van der Waals surface area contributed by atoms with Gasteiger partial charge in [-0.05, 0) is 38.6 Å². The fourth-order valence-corrected chi connectivity index (χ4v) is 2.65. The fourth-order valence-electron chi connectivity index (χ4n) is 2.65. The summed E-state index contributed by atoms with van der Waals surface area (Å²) in [5.74, 6) is -0.310. The second kappa shape index (κ2) is 6.18. The van der Waals surface area contributed by atoms with Crippen molar-refractivity contribution in [1.29, 1.82) is 0 Å². The maximum Gasteiger partial charge on any atom is 0.261 e. The van der Waals surface area contributed by atoms with Gasteiger partial charge in [-0.3, -0.25) is 14.5 Å². The summed E-state index contributed by atoms with van der Waals surface area (Å²) in [4.78, 5) is 28.4. The van der Waals surface area contributed by atoms with Crippen LogP contribution < -0.4 is 0 Å². The predicted octanol–water partition coefficient (Wildman–Crippen LogP) is 2.40. The molecule has 1 heterocycles. The maximum absolute atomic E-state index is 12.3. The zero-order chi connectivity index (χ0) is 14.7. The lowest BCUT2D eigenvalue weighted by Crippen LogP contribution is -2.40. The second-order valence-electron chi connectivity index (χ2n) is 5.19. The number of benzene rings is 1. The number of rotatable bonds is 6. The van der Waals surface area contributed by atoms with E-state index in [9.17, 15) is 9.59 Å². The van der Waals surface area contributed by atoms with Crippen molar-refractivity contribution in [3.63, 3.8) is 0 Å². The van der Waals surface area contributed by atoms with E-state index >= 15 is 0 Å². The molecule has 0 aromatic heterocycles. The SMILES string of the molecule is CCN(CC)CCC(C)N1C(=O)c2ccccc2C1=O. The monoisotopic (exact) mass is 274 g/mol. The molecular weight excluding hydrogens is 252 g/mol. The van der Waals surface area contributed by atoms with Gasteiger partial charge in [0.1, 0.15) is 0 Å². The van der Waals surface area contributed by atoms with E-state index in [1.54, 1.807) is 24.3 Å². The summed E-state index contributed by atoms with van der Waals surface area (Å²) in [5, 5.41) is 0. The molecule has 4 nitrogen and oxygen atoms in total. The van der Waals surface area contributed by atoms with Crippen LogP contribution in [0.2, 0.25) is 0 Å². The van der Waals surface area contributed by atoms with Crippen LogP contribution in [-0.4, -0.2) is 47.3 Å². The van der Waals surface area contributed by atoms with Crippen LogP contribution in [-0.2, 0) is 0 Å². The standard InChI is InChI=1S/C16H22N2O2/c1-4-17(5-2)11-10-12(3)18-15(19)13-8-6-7-9-14(13)16(18)20/h6-9,12H,4-5,10-11H2,1-3H3. The molecule has 0 aliphatic carbocycles. The molecule has 0 bridgehead atoms. The van der Waals surface area contributed by atoms with Gasteiger partial charge in [-0.1, -0.05) is 26.0 Å². The van der Waals surface area contributed by atoms with Gasteiger partial charge in [0.05, 0.1) is 11.1 Å². The Hall–Kier alpha value is -1.68. The topological polar surface area (TPSA) is 40.6 Å². The minimum absolute atomic E-state index is 0.0667. The van der Waals surface area contributed by atoms with E-state index in [1.165, 1.54) is 4.90 Å². The Morgan fingerprint density at radius 1 is 1.05 bits per heavy atom. The summed E-state index contributed by atoms with van der Waals surface area (Å²) in [6.45, 7) is 9.08. The molecule has 0 saturated heterocycles. The fraction of sp³-hybridized carbons (Fsp3) is 0.500. The molecule has 4 heteroatoms. The second-order valence-corrected chi connectivity index (χ2v) is 5.19. The van der Waals surface area contributed by atoms with E-state index in [-0.39, 0.29) is 17.9 Å². The summed E-state index contributed by atoms with van der Waals surface area (Å²) in [6.07, 6.45) is 0.813. The van der Waals surface area contributed by atoms with Crippen molar-refractivity contribution in [1.82, 2.24) is 9.80 Å². The van der Waals surface area contributed by atoms with E-state index in [0.29, 0.717) is 11.1 Å². The van der Waals surface area contributed by atoms with E-state index in [0.717, 1.165) is 26.1 Å². The van der Waals surface area contributed by atoms with Gasteiger partial charge in [0.15, 0.2) is 0 Å². The summed E-state index contributed by atoms with van der Waals surface area (Å²) in [6, 6.07) is 6.99. The summed E-state index contributed by atoms with van der Waals surface area (Å²) >= 11 is 0. The van der Waals surface area contributed by atoms with Gasteiger partial charge >= 0.3 is 0 Å². The average molecular weight is 274 g/mol. The van der Waals surface area contributed by atoms with Crippen molar-refractivity contribution >= 4 is 11.8 Å². The number of nitrogens with zero attached hydrogens (tertiary/aromatic N) is 2. The molecule has 2 amide bonds. The van der Waals surface area contributed by atoms with E-state index in [2.05, 4.69) is 18.7 Å². The third-order valence-corrected chi connectivity index (χ3v) is 4.02. The van der Waals surface area contributed by atoms with Crippen molar-refractivity contribution in [2.45, 2.75) is 33.2 Å². The molecule has 1 unspecified atom stereocenters. The lowest BCUT2D eigenvalue weighted by atomic mass is 10.1. The minimum atomic E-state index is -0.155. The van der Waals surface area contributed by atoms with Gasteiger partial charge in [-0.15, -0.1) is 0 Å². The van der Waals surface area contributed by atoms with Gasteiger partial charge in [-0.25, -0.2) is 0 Å². The molecule has 0 radical (unpaired) electrons. The van der Waals surface area contributed by atoms with Crippen molar-refractivity contribution in [3.8, 4) is 0 Å². The lowest BCUT2D eigenvalue weighted by Gasteiger charge is -2.25. The summed E-state index contributed by atoms with van der Waals surface area (Å²) in [7, 11) is 0. The first kappa shape index (κ1) is 14.7. The van der Waals surface area contributed by atoms with Crippen molar-refractivity contribution < 1.29 is 9.59 Å². The highest BCUT2D eigenvalue weighted by Crippen LogP contribution is 2.25. The highest BCUT2D eigenvalue weighted by Gasteiger charge is 2.37. The Morgan fingerprint density at radius 3 is 2.00 bits per heavy atom. The van der Waals surface area contributed by atoms with E-state index in [4.69, 9.17) is 0 Å². The first-order valence-electron chi connectivity index (χ1n) is 7.29. The Labute approximate surface area is 120 Å². The zero-order valence-corrected chi connectivity index (χ0v) is 12.4.